The van der Waals surface area contributed by atoms with E-state index in [1.165, 1.54) is 0 Å². The van der Waals surface area contributed by atoms with Gasteiger partial charge in [-0.25, -0.2) is 0 Å². The highest BCUT2D eigenvalue weighted by molar-refractivity contribution is 5.67. The number of hydrogen-bond donors (Lipinski definition) is 2. The Bertz CT molecular complexity index is 445. The molecule has 2 N–H and O–H groups in total. The van der Waals surface area contributed by atoms with Crippen molar-refractivity contribution in [2.75, 3.05) is 14.2 Å². The third-order valence-corrected chi connectivity index (χ3v) is 3.22. The smallest absolute Gasteiger partial charge is 0.304 e. The average Bonchev–Trinajstić information content (AvgIpc) is 2.42. The second kappa shape index (κ2) is 7.75. The SMILES string of the molecule is COc1ccc(CNC(CC(=O)O)C(C)C)cc1OC. The molecule has 0 spiro atoms. The van der Waals surface area contributed by atoms with Crippen molar-refractivity contribution in [1.82, 2.24) is 5.32 Å². The van der Waals surface area contributed by atoms with Crippen LogP contribution in [-0.2, 0) is 11.3 Å². The number of carboxylic acid groups (broad SMARTS) is 1. The Labute approximate surface area is 119 Å². The standard InChI is InChI=1S/C15H23NO4/c1-10(2)12(8-15(17)18)16-9-11-5-6-13(19-3)14(7-11)20-4/h5-7,10,12,16H,8-9H2,1-4H3,(H,17,18). The molecule has 0 radical (unpaired) electrons. The summed E-state index contributed by atoms with van der Waals surface area (Å²) in [5, 5.41) is 12.2. The van der Waals surface area contributed by atoms with Crippen LogP contribution in [0.1, 0.15) is 25.8 Å². The molecule has 1 atom stereocenters. The van der Waals surface area contributed by atoms with Gasteiger partial charge in [0.2, 0.25) is 0 Å². The first kappa shape index (κ1) is 16.3. The van der Waals surface area contributed by atoms with E-state index in [4.69, 9.17) is 14.6 Å². The number of carbonyl (C=O) groups is 1. The molecule has 0 bridgehead atoms. The number of rotatable bonds is 8. The van der Waals surface area contributed by atoms with Gasteiger partial charge < -0.3 is 19.9 Å². The lowest BCUT2D eigenvalue weighted by Gasteiger charge is -2.21. The van der Waals surface area contributed by atoms with Crippen molar-refractivity contribution in [2.24, 2.45) is 5.92 Å². The van der Waals surface area contributed by atoms with Gasteiger partial charge in [0.15, 0.2) is 11.5 Å². The Kier molecular flexibility index (Phi) is 6.31. The van der Waals surface area contributed by atoms with Gasteiger partial charge in [0.05, 0.1) is 20.6 Å². The molecule has 0 saturated heterocycles. The molecule has 0 aliphatic carbocycles. The van der Waals surface area contributed by atoms with E-state index >= 15 is 0 Å². The zero-order valence-corrected chi connectivity index (χ0v) is 12.5. The predicted octanol–water partition coefficient (Wildman–Crippen LogP) is 2.29. The Morgan fingerprint density at radius 3 is 2.40 bits per heavy atom. The normalized spacial score (nSPS) is 12.2. The van der Waals surface area contributed by atoms with Gasteiger partial charge in [0.25, 0.3) is 0 Å². The second-order valence-electron chi connectivity index (χ2n) is 5.02. The highest BCUT2D eigenvalue weighted by Gasteiger charge is 2.16. The number of hydrogen-bond acceptors (Lipinski definition) is 4. The largest absolute Gasteiger partial charge is 0.493 e. The van der Waals surface area contributed by atoms with Crippen LogP contribution in [0.4, 0.5) is 0 Å². The molecule has 20 heavy (non-hydrogen) atoms. The molecule has 0 aliphatic heterocycles. The summed E-state index contributed by atoms with van der Waals surface area (Å²) in [6, 6.07) is 5.62. The molecule has 1 aromatic rings. The minimum absolute atomic E-state index is 0.0550. The van der Waals surface area contributed by atoms with Crippen molar-refractivity contribution in [3.05, 3.63) is 23.8 Å². The highest BCUT2D eigenvalue weighted by atomic mass is 16.5. The van der Waals surface area contributed by atoms with Crippen LogP contribution < -0.4 is 14.8 Å². The molecule has 5 nitrogen and oxygen atoms in total. The van der Waals surface area contributed by atoms with E-state index in [-0.39, 0.29) is 18.4 Å². The topological polar surface area (TPSA) is 67.8 Å². The van der Waals surface area contributed by atoms with Gasteiger partial charge >= 0.3 is 5.97 Å². The number of nitrogens with one attached hydrogen (secondary N) is 1. The minimum atomic E-state index is -0.788. The maximum absolute atomic E-state index is 10.8. The molecule has 0 saturated carbocycles. The fourth-order valence-corrected chi connectivity index (χ4v) is 1.97. The Morgan fingerprint density at radius 1 is 1.25 bits per heavy atom. The zero-order chi connectivity index (χ0) is 15.1. The van der Waals surface area contributed by atoms with Crippen LogP contribution in [0.3, 0.4) is 0 Å². The third-order valence-electron chi connectivity index (χ3n) is 3.22. The lowest BCUT2D eigenvalue weighted by Crippen LogP contribution is -2.35. The Morgan fingerprint density at radius 2 is 1.90 bits per heavy atom. The van der Waals surface area contributed by atoms with Crippen LogP contribution >= 0.6 is 0 Å². The summed E-state index contributed by atoms with van der Waals surface area (Å²) in [7, 11) is 3.19. The highest BCUT2D eigenvalue weighted by Crippen LogP contribution is 2.27. The number of methoxy groups -OCH3 is 2. The fraction of sp³-hybridized carbons (Fsp3) is 0.533. The molecule has 0 aromatic heterocycles. The molecule has 1 aromatic carbocycles. The summed E-state index contributed by atoms with van der Waals surface area (Å²) >= 11 is 0. The fourth-order valence-electron chi connectivity index (χ4n) is 1.97. The van der Waals surface area contributed by atoms with Crippen LogP contribution in [0.5, 0.6) is 11.5 Å². The summed E-state index contributed by atoms with van der Waals surface area (Å²) in [4.78, 5) is 10.8. The Balaban J connectivity index is 2.70. The van der Waals surface area contributed by atoms with Crippen molar-refractivity contribution < 1.29 is 19.4 Å². The molecule has 1 rings (SSSR count). The Hall–Kier alpha value is -1.75. The van der Waals surface area contributed by atoms with Crippen LogP contribution in [-0.4, -0.2) is 31.3 Å². The van der Waals surface area contributed by atoms with Crippen LogP contribution in [0, 0.1) is 5.92 Å². The number of carboxylic acids is 1. The van der Waals surface area contributed by atoms with Crippen molar-refractivity contribution in [1.29, 1.82) is 0 Å². The van der Waals surface area contributed by atoms with Gasteiger partial charge in [-0.2, -0.15) is 0 Å². The lowest BCUT2D eigenvalue weighted by atomic mass is 10.0. The molecule has 0 fully saturated rings. The van der Waals surface area contributed by atoms with Crippen LogP contribution in [0.15, 0.2) is 18.2 Å². The first-order valence-corrected chi connectivity index (χ1v) is 6.64. The second-order valence-corrected chi connectivity index (χ2v) is 5.02. The first-order chi connectivity index (χ1) is 9.47. The van der Waals surface area contributed by atoms with E-state index in [1.54, 1.807) is 14.2 Å². The van der Waals surface area contributed by atoms with Crippen molar-refractivity contribution in [3.8, 4) is 11.5 Å². The van der Waals surface area contributed by atoms with E-state index in [0.717, 1.165) is 5.56 Å². The van der Waals surface area contributed by atoms with Crippen LogP contribution in [0.25, 0.3) is 0 Å². The maximum atomic E-state index is 10.8. The predicted molar refractivity (Wildman–Crippen MR) is 77.3 cm³/mol. The van der Waals surface area contributed by atoms with Gasteiger partial charge in [-0.05, 0) is 23.6 Å². The van der Waals surface area contributed by atoms with E-state index in [0.29, 0.717) is 18.0 Å². The van der Waals surface area contributed by atoms with E-state index in [1.807, 2.05) is 32.0 Å². The van der Waals surface area contributed by atoms with Crippen molar-refractivity contribution in [2.45, 2.75) is 32.9 Å². The average molecular weight is 281 g/mol. The quantitative estimate of drug-likeness (QED) is 0.765. The molecule has 5 heteroatoms. The molecule has 0 heterocycles. The maximum Gasteiger partial charge on any atom is 0.304 e. The molecule has 1 unspecified atom stereocenters. The van der Waals surface area contributed by atoms with Gasteiger partial charge in [-0.3, -0.25) is 4.79 Å². The van der Waals surface area contributed by atoms with Crippen molar-refractivity contribution >= 4 is 5.97 Å². The van der Waals surface area contributed by atoms with Gasteiger partial charge in [0.1, 0.15) is 0 Å². The summed E-state index contributed by atoms with van der Waals surface area (Å²) in [5.41, 5.74) is 1.03. The number of benzene rings is 1. The summed E-state index contributed by atoms with van der Waals surface area (Å²) < 4.78 is 10.4. The monoisotopic (exact) mass is 281 g/mol. The third kappa shape index (κ3) is 4.74. The van der Waals surface area contributed by atoms with Gasteiger partial charge in [-0.15, -0.1) is 0 Å². The summed E-state index contributed by atoms with van der Waals surface area (Å²) in [5.74, 6) is 0.822. The molecular formula is C15H23NO4. The molecule has 0 amide bonds. The van der Waals surface area contributed by atoms with Gasteiger partial charge in [0, 0.05) is 12.6 Å². The van der Waals surface area contributed by atoms with E-state index in [9.17, 15) is 4.79 Å². The summed E-state index contributed by atoms with van der Waals surface area (Å²) in [6.45, 7) is 4.61. The first-order valence-electron chi connectivity index (χ1n) is 6.64. The molecular weight excluding hydrogens is 258 g/mol. The van der Waals surface area contributed by atoms with Gasteiger partial charge in [-0.1, -0.05) is 19.9 Å². The summed E-state index contributed by atoms with van der Waals surface area (Å²) in [6.07, 6.45) is 0.116. The van der Waals surface area contributed by atoms with E-state index in [2.05, 4.69) is 5.32 Å². The molecule has 112 valence electrons. The minimum Gasteiger partial charge on any atom is -0.493 e. The van der Waals surface area contributed by atoms with Crippen LogP contribution in [0.2, 0.25) is 0 Å². The van der Waals surface area contributed by atoms with Crippen molar-refractivity contribution in [3.63, 3.8) is 0 Å². The zero-order valence-electron chi connectivity index (χ0n) is 12.5. The number of ether oxygens (including phenoxy) is 2. The van der Waals surface area contributed by atoms with E-state index < -0.39 is 5.97 Å². The lowest BCUT2D eigenvalue weighted by molar-refractivity contribution is -0.137. The number of aliphatic carboxylic acids is 1. The molecule has 0 aliphatic rings.